The van der Waals surface area contributed by atoms with Crippen LogP contribution in [0.15, 0.2) is 18.3 Å². The lowest BCUT2D eigenvalue weighted by molar-refractivity contribution is 0.0696. The van der Waals surface area contributed by atoms with Crippen molar-refractivity contribution in [1.29, 1.82) is 0 Å². The fourth-order valence-corrected chi connectivity index (χ4v) is 1.07. The summed E-state index contributed by atoms with van der Waals surface area (Å²) in [6, 6.07) is 3.07. The number of hydrogen-bond donors (Lipinski definition) is 2. The summed E-state index contributed by atoms with van der Waals surface area (Å²) in [5, 5.41) is 17.2. The van der Waals surface area contributed by atoms with E-state index >= 15 is 0 Å². The molecule has 0 amide bonds. The molecule has 1 aromatic heterocycles. The summed E-state index contributed by atoms with van der Waals surface area (Å²) in [6.45, 7) is 0.188. The van der Waals surface area contributed by atoms with Gasteiger partial charge in [-0.2, -0.15) is 0 Å². The lowest BCUT2D eigenvalue weighted by atomic mass is 10.2. The van der Waals surface area contributed by atoms with E-state index in [1.165, 1.54) is 12.3 Å². The zero-order chi connectivity index (χ0) is 11.8. The van der Waals surface area contributed by atoms with Gasteiger partial charge in [0.25, 0.3) is 0 Å². The van der Waals surface area contributed by atoms with Gasteiger partial charge in [0.05, 0.1) is 5.56 Å². The van der Waals surface area contributed by atoms with Gasteiger partial charge in [-0.15, -0.1) is 0 Å². The molecule has 0 bridgehead atoms. The normalized spacial score (nSPS) is 9.31. The summed E-state index contributed by atoms with van der Waals surface area (Å²) in [7, 11) is 0. The lowest BCUT2D eigenvalue weighted by Crippen LogP contribution is -1.97. The quantitative estimate of drug-likeness (QED) is 0.591. The maximum atomic E-state index is 10.5. The third-order valence-corrected chi connectivity index (χ3v) is 1.94. The molecule has 1 rings (SSSR count). The van der Waals surface area contributed by atoms with Crippen LogP contribution in [0.3, 0.4) is 0 Å². The Kier molecular flexibility index (Phi) is 5.03. The number of aliphatic hydroxyl groups is 1. The number of unbranched alkanes of at least 4 members (excludes halogenated alkanes) is 2. The number of carboxylic acid groups (broad SMARTS) is 1. The average Bonchev–Trinajstić information content (AvgIpc) is 2.29. The largest absolute Gasteiger partial charge is 0.478 e. The van der Waals surface area contributed by atoms with Gasteiger partial charge in [-0.3, -0.25) is 0 Å². The van der Waals surface area contributed by atoms with Crippen LogP contribution in [0.4, 0.5) is 0 Å². The average molecular weight is 219 g/mol. The van der Waals surface area contributed by atoms with E-state index < -0.39 is 5.97 Å². The molecule has 2 N–H and O–H groups in total. The number of carboxylic acids is 1. The van der Waals surface area contributed by atoms with Crippen molar-refractivity contribution in [3.05, 3.63) is 29.6 Å². The van der Waals surface area contributed by atoms with Crippen molar-refractivity contribution >= 4 is 5.97 Å². The molecule has 0 unspecified atom stereocenters. The van der Waals surface area contributed by atoms with Crippen molar-refractivity contribution in [3.8, 4) is 11.8 Å². The lowest BCUT2D eigenvalue weighted by Gasteiger charge is -1.93. The van der Waals surface area contributed by atoms with Crippen LogP contribution in [-0.2, 0) is 0 Å². The molecule has 0 radical (unpaired) electrons. The molecule has 0 spiro atoms. The summed E-state index contributed by atoms with van der Waals surface area (Å²) in [5.74, 6) is 4.76. The Hall–Kier alpha value is -1.86. The van der Waals surface area contributed by atoms with Crippen molar-refractivity contribution in [3.63, 3.8) is 0 Å². The molecule has 0 aliphatic rings. The zero-order valence-electron chi connectivity index (χ0n) is 8.81. The van der Waals surface area contributed by atoms with E-state index in [4.69, 9.17) is 10.2 Å². The van der Waals surface area contributed by atoms with E-state index in [9.17, 15) is 4.79 Å². The summed E-state index contributed by atoms with van der Waals surface area (Å²) < 4.78 is 0. The van der Waals surface area contributed by atoms with Crippen molar-refractivity contribution in [2.24, 2.45) is 0 Å². The number of aliphatic hydroxyl groups excluding tert-OH is 1. The minimum absolute atomic E-state index is 0.158. The first-order valence-electron chi connectivity index (χ1n) is 5.03. The second-order valence-corrected chi connectivity index (χ2v) is 3.22. The molecule has 1 heterocycles. The predicted octanol–water partition coefficient (Wildman–Crippen LogP) is 1.29. The van der Waals surface area contributed by atoms with Crippen LogP contribution in [0.25, 0.3) is 0 Å². The van der Waals surface area contributed by atoms with Gasteiger partial charge >= 0.3 is 5.97 Å². The second-order valence-electron chi connectivity index (χ2n) is 3.22. The van der Waals surface area contributed by atoms with Crippen LogP contribution in [0.2, 0.25) is 0 Å². The number of rotatable bonds is 4. The Morgan fingerprint density at radius 2 is 2.19 bits per heavy atom. The molecule has 16 heavy (non-hydrogen) atoms. The third-order valence-electron chi connectivity index (χ3n) is 1.94. The van der Waals surface area contributed by atoms with E-state index in [1.807, 2.05) is 0 Å². The third kappa shape index (κ3) is 4.11. The van der Waals surface area contributed by atoms with E-state index in [-0.39, 0.29) is 12.2 Å². The monoisotopic (exact) mass is 219 g/mol. The summed E-state index contributed by atoms with van der Waals surface area (Å²) in [4.78, 5) is 14.5. The van der Waals surface area contributed by atoms with Crippen LogP contribution >= 0.6 is 0 Å². The summed E-state index contributed by atoms with van der Waals surface area (Å²) in [5.41, 5.74) is 0.722. The Labute approximate surface area is 94.0 Å². The molecule has 0 saturated carbocycles. The van der Waals surface area contributed by atoms with E-state index in [2.05, 4.69) is 16.8 Å². The van der Waals surface area contributed by atoms with E-state index in [0.717, 1.165) is 12.8 Å². The molecule has 0 saturated heterocycles. The van der Waals surface area contributed by atoms with Gasteiger partial charge in [0.15, 0.2) is 0 Å². The zero-order valence-corrected chi connectivity index (χ0v) is 8.81. The highest BCUT2D eigenvalue weighted by Gasteiger charge is 2.00. The van der Waals surface area contributed by atoms with Gasteiger partial charge in [-0.05, 0) is 30.9 Å². The second kappa shape index (κ2) is 6.59. The first kappa shape index (κ1) is 12.2. The molecule has 1 aromatic rings. The highest BCUT2D eigenvalue weighted by Crippen LogP contribution is 1.99. The topological polar surface area (TPSA) is 70.4 Å². The van der Waals surface area contributed by atoms with Gasteiger partial charge in [0, 0.05) is 19.2 Å². The van der Waals surface area contributed by atoms with Gasteiger partial charge in [-0.25, -0.2) is 9.78 Å². The molecule has 0 aliphatic carbocycles. The highest BCUT2D eigenvalue weighted by molar-refractivity contribution is 5.87. The Morgan fingerprint density at radius 3 is 2.75 bits per heavy atom. The van der Waals surface area contributed by atoms with Gasteiger partial charge in [-0.1, -0.05) is 5.92 Å². The highest BCUT2D eigenvalue weighted by atomic mass is 16.4. The fraction of sp³-hybridized carbons (Fsp3) is 0.333. The van der Waals surface area contributed by atoms with E-state index in [0.29, 0.717) is 12.1 Å². The molecule has 0 atom stereocenters. The number of nitrogens with zero attached hydrogens (tertiary/aromatic N) is 1. The maximum absolute atomic E-state index is 10.5. The van der Waals surface area contributed by atoms with Crippen molar-refractivity contribution in [2.75, 3.05) is 6.61 Å². The number of carbonyl (C=O) groups is 1. The van der Waals surface area contributed by atoms with Gasteiger partial charge in [0.1, 0.15) is 5.69 Å². The van der Waals surface area contributed by atoms with Crippen LogP contribution in [-0.4, -0.2) is 27.8 Å². The molecule has 0 aliphatic heterocycles. The number of pyridine rings is 1. The fourth-order valence-electron chi connectivity index (χ4n) is 1.07. The molecular weight excluding hydrogens is 206 g/mol. The minimum Gasteiger partial charge on any atom is -0.478 e. The summed E-state index contributed by atoms with van der Waals surface area (Å²) >= 11 is 0. The molecule has 0 fully saturated rings. The van der Waals surface area contributed by atoms with Crippen molar-refractivity contribution in [2.45, 2.75) is 19.3 Å². The SMILES string of the molecule is O=C(O)c1ccc(C#CCCCCO)nc1. The molecule has 4 heteroatoms. The minimum atomic E-state index is -0.991. The Morgan fingerprint density at radius 1 is 1.38 bits per heavy atom. The Balaban J connectivity index is 2.51. The number of aromatic nitrogens is 1. The first-order valence-corrected chi connectivity index (χ1v) is 5.03. The standard InChI is InChI=1S/C12H13NO3/c14-8-4-2-1-3-5-11-7-6-10(9-13-11)12(15)16/h6-7,9,14H,1-2,4,8H2,(H,15,16). The first-order chi connectivity index (χ1) is 7.74. The van der Waals surface area contributed by atoms with Gasteiger partial charge < -0.3 is 10.2 Å². The van der Waals surface area contributed by atoms with E-state index in [1.54, 1.807) is 6.07 Å². The molecule has 84 valence electrons. The Bertz CT molecular complexity index is 401. The number of aromatic carboxylic acids is 1. The molecular formula is C12H13NO3. The van der Waals surface area contributed by atoms with Gasteiger partial charge in [0.2, 0.25) is 0 Å². The maximum Gasteiger partial charge on any atom is 0.337 e. The predicted molar refractivity (Wildman–Crippen MR) is 59.0 cm³/mol. The molecule has 4 nitrogen and oxygen atoms in total. The van der Waals surface area contributed by atoms with Crippen LogP contribution in [0.1, 0.15) is 35.3 Å². The van der Waals surface area contributed by atoms with Crippen LogP contribution in [0, 0.1) is 11.8 Å². The smallest absolute Gasteiger partial charge is 0.337 e. The van der Waals surface area contributed by atoms with Crippen molar-refractivity contribution in [1.82, 2.24) is 4.98 Å². The molecule has 0 aromatic carbocycles. The van der Waals surface area contributed by atoms with Crippen molar-refractivity contribution < 1.29 is 15.0 Å². The van der Waals surface area contributed by atoms with Crippen LogP contribution in [0.5, 0.6) is 0 Å². The van der Waals surface area contributed by atoms with Crippen LogP contribution < -0.4 is 0 Å². The number of hydrogen-bond acceptors (Lipinski definition) is 3. The summed E-state index contributed by atoms with van der Waals surface area (Å²) in [6.07, 6.45) is 3.61.